The molecule has 2 aromatic heterocycles. The molecule has 1 aliphatic carbocycles. The molecule has 2 amide bonds. The molecule has 0 spiro atoms. The highest BCUT2D eigenvalue weighted by Crippen LogP contribution is 2.20. The fourth-order valence-corrected chi connectivity index (χ4v) is 3.90. The molecule has 1 aliphatic heterocycles. The lowest BCUT2D eigenvalue weighted by Crippen LogP contribution is -2.52. The van der Waals surface area contributed by atoms with Crippen LogP contribution in [0.5, 0.6) is 0 Å². The van der Waals surface area contributed by atoms with E-state index in [9.17, 15) is 14.4 Å². The zero-order valence-electron chi connectivity index (χ0n) is 14.2. The Labute approximate surface area is 153 Å². The highest BCUT2D eigenvalue weighted by atomic mass is 32.1. The fourth-order valence-electron chi connectivity index (χ4n) is 3.11. The van der Waals surface area contributed by atoms with Gasteiger partial charge in [-0.05, 0) is 24.3 Å². The van der Waals surface area contributed by atoms with Gasteiger partial charge in [-0.15, -0.1) is 11.3 Å². The van der Waals surface area contributed by atoms with E-state index in [1.807, 2.05) is 5.38 Å². The molecule has 8 nitrogen and oxygen atoms in total. The second-order valence-corrected chi connectivity index (χ2v) is 7.59. The summed E-state index contributed by atoms with van der Waals surface area (Å²) < 4.78 is 7.33. The quantitative estimate of drug-likeness (QED) is 0.813. The lowest BCUT2D eigenvalue weighted by molar-refractivity contribution is -0.142. The van der Waals surface area contributed by atoms with Crippen molar-refractivity contribution in [3.05, 3.63) is 28.1 Å². The maximum absolute atomic E-state index is 12.8. The van der Waals surface area contributed by atoms with Crippen LogP contribution in [-0.2, 0) is 20.9 Å². The smallest absolute Gasteiger partial charge is 0.271 e. The lowest BCUT2D eigenvalue weighted by atomic mass is 10.1. The Hall–Kier alpha value is -2.26. The Kier molecular flexibility index (Phi) is 4.73. The predicted octanol–water partition coefficient (Wildman–Crippen LogP) is 0.354. The van der Waals surface area contributed by atoms with Crippen molar-refractivity contribution in [1.82, 2.24) is 19.8 Å². The maximum Gasteiger partial charge on any atom is 0.271 e. The molecule has 0 aromatic carbocycles. The summed E-state index contributed by atoms with van der Waals surface area (Å²) in [7, 11) is 0. The first-order valence-electron chi connectivity index (χ1n) is 8.71. The van der Waals surface area contributed by atoms with E-state index >= 15 is 0 Å². The number of morpholine rings is 1. The number of amides is 2. The van der Waals surface area contributed by atoms with Crippen molar-refractivity contribution in [1.29, 1.82) is 0 Å². The van der Waals surface area contributed by atoms with Crippen molar-refractivity contribution < 1.29 is 14.3 Å². The van der Waals surface area contributed by atoms with E-state index in [2.05, 4.69) is 10.3 Å². The summed E-state index contributed by atoms with van der Waals surface area (Å²) in [5.74, 6) is -0.253. The summed E-state index contributed by atoms with van der Waals surface area (Å²) in [4.78, 5) is 43.2. The van der Waals surface area contributed by atoms with Gasteiger partial charge in [0.15, 0.2) is 0 Å². The van der Waals surface area contributed by atoms with Gasteiger partial charge >= 0.3 is 0 Å². The molecular weight excluding hydrogens is 356 g/mol. The number of hydrogen-bond acceptors (Lipinski definition) is 6. The fraction of sp³-hybridized carbons (Fsp3) is 0.529. The molecule has 1 atom stereocenters. The summed E-state index contributed by atoms with van der Waals surface area (Å²) in [6.45, 7) is 1.11. The molecule has 4 rings (SSSR count). The topological polar surface area (TPSA) is 93.5 Å². The van der Waals surface area contributed by atoms with E-state index in [1.54, 1.807) is 11.0 Å². The number of thiophene rings is 1. The number of nitrogens with one attached hydrogen (secondary N) is 1. The number of carbonyl (C=O) groups is 2. The SMILES string of the molecule is O=C(C[C@H]1COCCN1C(=O)Cn1cnc2ccsc2c1=O)NC1CC1. The van der Waals surface area contributed by atoms with E-state index in [1.165, 1.54) is 22.2 Å². The third kappa shape index (κ3) is 3.63. The van der Waals surface area contributed by atoms with Gasteiger partial charge in [-0.1, -0.05) is 0 Å². The number of aromatic nitrogens is 2. The zero-order chi connectivity index (χ0) is 18.1. The normalized spacial score (nSPS) is 20.3. The van der Waals surface area contributed by atoms with Crippen molar-refractivity contribution in [3.8, 4) is 0 Å². The van der Waals surface area contributed by atoms with Gasteiger partial charge in [-0.25, -0.2) is 4.98 Å². The largest absolute Gasteiger partial charge is 0.377 e. The van der Waals surface area contributed by atoms with E-state index in [4.69, 9.17) is 4.74 Å². The highest BCUT2D eigenvalue weighted by molar-refractivity contribution is 7.17. The van der Waals surface area contributed by atoms with Gasteiger partial charge in [-0.3, -0.25) is 19.0 Å². The Morgan fingerprint density at radius 2 is 2.23 bits per heavy atom. The van der Waals surface area contributed by atoms with Crippen molar-refractivity contribution in [2.75, 3.05) is 19.8 Å². The molecule has 1 N–H and O–H groups in total. The number of nitrogens with zero attached hydrogens (tertiary/aromatic N) is 3. The van der Waals surface area contributed by atoms with E-state index in [-0.39, 0.29) is 36.4 Å². The van der Waals surface area contributed by atoms with Gasteiger partial charge in [0.25, 0.3) is 5.56 Å². The molecule has 0 bridgehead atoms. The van der Waals surface area contributed by atoms with Gasteiger partial charge in [-0.2, -0.15) is 0 Å². The Morgan fingerprint density at radius 1 is 1.38 bits per heavy atom. The molecule has 0 radical (unpaired) electrons. The van der Waals surface area contributed by atoms with Crippen LogP contribution in [-0.4, -0.2) is 58.1 Å². The van der Waals surface area contributed by atoms with E-state index in [0.29, 0.717) is 36.0 Å². The van der Waals surface area contributed by atoms with Crippen LogP contribution in [0.15, 0.2) is 22.6 Å². The molecule has 2 aromatic rings. The summed E-state index contributed by atoms with van der Waals surface area (Å²) in [5.41, 5.74) is 0.430. The molecule has 0 unspecified atom stereocenters. The van der Waals surface area contributed by atoms with Crippen LogP contribution >= 0.6 is 11.3 Å². The van der Waals surface area contributed by atoms with Crippen molar-refractivity contribution in [2.45, 2.75) is 37.9 Å². The van der Waals surface area contributed by atoms with Crippen LogP contribution in [0.1, 0.15) is 19.3 Å². The summed E-state index contributed by atoms with van der Waals surface area (Å²) in [6.07, 6.45) is 3.68. The first-order chi connectivity index (χ1) is 12.6. The number of rotatable bonds is 5. The first-order valence-corrected chi connectivity index (χ1v) is 9.59. The maximum atomic E-state index is 12.8. The van der Waals surface area contributed by atoms with Gasteiger partial charge in [0.2, 0.25) is 11.8 Å². The summed E-state index contributed by atoms with van der Waals surface area (Å²) >= 11 is 1.32. The number of carbonyl (C=O) groups excluding carboxylic acids is 2. The Bertz CT molecular complexity index is 888. The van der Waals surface area contributed by atoms with Gasteiger partial charge in [0.05, 0.1) is 31.1 Å². The minimum Gasteiger partial charge on any atom is -0.377 e. The number of ether oxygens (including phenoxy) is 1. The predicted molar refractivity (Wildman–Crippen MR) is 96.0 cm³/mol. The van der Waals surface area contributed by atoms with Crippen LogP contribution in [0, 0.1) is 0 Å². The van der Waals surface area contributed by atoms with Crippen molar-refractivity contribution >= 4 is 33.4 Å². The monoisotopic (exact) mass is 376 g/mol. The lowest BCUT2D eigenvalue weighted by Gasteiger charge is -2.35. The second kappa shape index (κ2) is 7.16. The average Bonchev–Trinajstić information content (AvgIpc) is 3.30. The second-order valence-electron chi connectivity index (χ2n) is 6.67. The molecule has 26 heavy (non-hydrogen) atoms. The van der Waals surface area contributed by atoms with E-state index < -0.39 is 0 Å². The van der Waals surface area contributed by atoms with Crippen molar-refractivity contribution in [2.24, 2.45) is 0 Å². The van der Waals surface area contributed by atoms with Crippen molar-refractivity contribution in [3.63, 3.8) is 0 Å². The molecular formula is C17H20N4O4S. The Balaban J connectivity index is 1.46. The average molecular weight is 376 g/mol. The highest BCUT2D eigenvalue weighted by Gasteiger charge is 2.31. The van der Waals surface area contributed by atoms with Gasteiger partial charge < -0.3 is 15.0 Å². The third-order valence-electron chi connectivity index (χ3n) is 4.65. The molecule has 2 aliphatic rings. The molecule has 1 saturated carbocycles. The minimum absolute atomic E-state index is 0.0559. The molecule has 9 heteroatoms. The van der Waals surface area contributed by atoms with Gasteiger partial charge in [0.1, 0.15) is 11.2 Å². The number of fused-ring (bicyclic) bond motifs is 1. The molecule has 138 valence electrons. The molecule has 2 fully saturated rings. The van der Waals surface area contributed by atoms with Crippen LogP contribution in [0.2, 0.25) is 0 Å². The molecule has 1 saturated heterocycles. The molecule has 3 heterocycles. The third-order valence-corrected chi connectivity index (χ3v) is 5.54. The van der Waals surface area contributed by atoms with Crippen LogP contribution < -0.4 is 10.9 Å². The van der Waals surface area contributed by atoms with Crippen LogP contribution in [0.25, 0.3) is 10.2 Å². The number of hydrogen-bond donors (Lipinski definition) is 1. The van der Waals surface area contributed by atoms with Crippen LogP contribution in [0.3, 0.4) is 0 Å². The van der Waals surface area contributed by atoms with Gasteiger partial charge in [0, 0.05) is 19.0 Å². The zero-order valence-corrected chi connectivity index (χ0v) is 15.0. The first kappa shape index (κ1) is 17.2. The standard InChI is InChI=1S/C17H20N4O4S/c22-14(19-11-1-2-11)7-12-9-25-5-4-21(12)15(23)8-20-10-18-13-3-6-26-16(13)17(20)24/h3,6,10-12H,1-2,4-5,7-9H2,(H,19,22)/t12-/m0/s1. The van der Waals surface area contributed by atoms with E-state index in [0.717, 1.165) is 12.8 Å². The Morgan fingerprint density at radius 3 is 3.04 bits per heavy atom. The van der Waals surface area contributed by atoms with Crippen LogP contribution in [0.4, 0.5) is 0 Å². The minimum atomic E-state index is -0.302. The summed E-state index contributed by atoms with van der Waals surface area (Å²) in [5, 5.41) is 4.75. The summed E-state index contributed by atoms with van der Waals surface area (Å²) in [6, 6.07) is 1.77.